The first-order chi connectivity index (χ1) is 21.3. The third-order valence-corrected chi connectivity index (χ3v) is 8.68. The number of carbonyl (C=O) groups excluding carboxylic acids is 2. The lowest BCUT2D eigenvalue weighted by molar-refractivity contribution is -0.134. The topological polar surface area (TPSA) is 139 Å². The largest absolute Gasteiger partial charge is 0.478 e. The average molecular weight is 623 g/mol. The molecule has 2 aromatic rings. The van der Waals surface area contributed by atoms with Crippen LogP contribution in [0.2, 0.25) is 0 Å². The third kappa shape index (κ3) is 9.45. The van der Waals surface area contributed by atoms with Gasteiger partial charge in [-0.05, 0) is 62.8 Å². The van der Waals surface area contributed by atoms with Gasteiger partial charge in [-0.2, -0.15) is 0 Å². The smallest absolute Gasteiger partial charge is 0.328 e. The molecule has 2 aliphatic heterocycles. The third-order valence-electron chi connectivity index (χ3n) is 8.68. The summed E-state index contributed by atoms with van der Waals surface area (Å²) in [5.41, 5.74) is 2.36. The monoisotopic (exact) mass is 622 g/mol. The van der Waals surface area contributed by atoms with Crippen LogP contribution in [0.1, 0.15) is 56.7 Å². The normalized spacial score (nSPS) is 22.3. The molecule has 0 aromatic heterocycles. The van der Waals surface area contributed by atoms with E-state index < -0.39 is 11.9 Å². The summed E-state index contributed by atoms with van der Waals surface area (Å²) in [6, 6.07) is 15.0. The van der Waals surface area contributed by atoms with Gasteiger partial charge in [0.2, 0.25) is 11.8 Å². The summed E-state index contributed by atoms with van der Waals surface area (Å²) in [5, 5.41) is 22.4. The highest BCUT2D eigenvalue weighted by Crippen LogP contribution is 2.38. The van der Waals surface area contributed by atoms with Crippen molar-refractivity contribution in [1.29, 1.82) is 0 Å². The van der Waals surface area contributed by atoms with E-state index in [1.165, 1.54) is 30.5 Å². The van der Waals surface area contributed by atoms with Gasteiger partial charge in [0, 0.05) is 49.1 Å². The molecular weight excluding hydrogens is 579 g/mol. The van der Waals surface area contributed by atoms with E-state index >= 15 is 0 Å². The van der Waals surface area contributed by atoms with Crippen LogP contribution >= 0.6 is 0 Å². The molecule has 0 unspecified atom stereocenters. The van der Waals surface area contributed by atoms with E-state index in [9.17, 15) is 23.6 Å². The molecule has 10 nitrogen and oxygen atoms in total. The minimum Gasteiger partial charge on any atom is -0.478 e. The lowest BCUT2D eigenvalue weighted by Crippen LogP contribution is -2.67. The molecule has 3 fully saturated rings. The van der Waals surface area contributed by atoms with Gasteiger partial charge in [-0.15, -0.1) is 0 Å². The number of hydrogen-bond donors (Lipinski definition) is 4. The Labute approximate surface area is 263 Å². The number of piperidine rings is 1. The minimum absolute atomic E-state index is 0.0341. The van der Waals surface area contributed by atoms with Gasteiger partial charge >= 0.3 is 11.9 Å². The molecule has 11 heteroatoms. The summed E-state index contributed by atoms with van der Waals surface area (Å²) in [6.45, 7) is 8.27. The van der Waals surface area contributed by atoms with Crippen LogP contribution in [0.5, 0.6) is 0 Å². The van der Waals surface area contributed by atoms with Crippen LogP contribution in [0.25, 0.3) is 0 Å². The average Bonchev–Trinajstić information content (AvgIpc) is 3.83. The lowest BCUT2D eigenvalue weighted by atomic mass is 9.88. The quantitative estimate of drug-likeness (QED) is 0.309. The summed E-state index contributed by atoms with van der Waals surface area (Å²) in [4.78, 5) is 49.8. The fourth-order valence-electron chi connectivity index (χ4n) is 6.17. The molecule has 242 valence electrons. The number of nitrogens with one attached hydrogen (secondary N) is 2. The van der Waals surface area contributed by atoms with E-state index in [-0.39, 0.29) is 47.7 Å². The number of aryl methyl sites for hydroxylation is 1. The van der Waals surface area contributed by atoms with Crippen molar-refractivity contribution in [2.24, 2.45) is 11.8 Å². The zero-order valence-electron chi connectivity index (χ0n) is 26.0. The van der Waals surface area contributed by atoms with Crippen molar-refractivity contribution < 1.29 is 33.8 Å². The first kappa shape index (κ1) is 33.8. The van der Waals surface area contributed by atoms with Gasteiger partial charge in [-0.25, -0.2) is 14.0 Å². The number of piperazine rings is 1. The van der Waals surface area contributed by atoms with Crippen LogP contribution in [-0.4, -0.2) is 76.6 Å². The summed E-state index contributed by atoms with van der Waals surface area (Å²) in [6.07, 6.45) is 5.31. The number of carboxylic acid groups (broad SMARTS) is 2. The molecule has 1 aliphatic carbocycles. The van der Waals surface area contributed by atoms with Crippen molar-refractivity contribution >= 4 is 29.4 Å². The van der Waals surface area contributed by atoms with E-state index in [1.54, 1.807) is 11.0 Å². The molecule has 5 rings (SSSR count). The predicted molar refractivity (Wildman–Crippen MR) is 168 cm³/mol. The molecule has 3 atom stereocenters. The van der Waals surface area contributed by atoms with Gasteiger partial charge in [0.15, 0.2) is 0 Å². The van der Waals surface area contributed by atoms with Gasteiger partial charge in [0.25, 0.3) is 0 Å². The van der Waals surface area contributed by atoms with Crippen molar-refractivity contribution in [3.63, 3.8) is 0 Å². The Morgan fingerprint density at radius 3 is 2.36 bits per heavy atom. The van der Waals surface area contributed by atoms with E-state index in [0.29, 0.717) is 43.3 Å². The number of rotatable bonds is 9. The SMILES string of the molecule is Cc1ccc(F)cc1N1CC(C)(C)N([C@H]2CNC[C@@H](C(=O)N[C@H](CC3CC3)c3ccccc3)C2)CC1=O.O=C(O)/C=C/C(=O)O. The lowest BCUT2D eigenvalue weighted by Gasteiger charge is -2.51. The van der Waals surface area contributed by atoms with Gasteiger partial charge in [0.05, 0.1) is 18.5 Å². The van der Waals surface area contributed by atoms with E-state index in [0.717, 1.165) is 18.5 Å². The number of benzene rings is 2. The van der Waals surface area contributed by atoms with Crippen molar-refractivity contribution in [2.45, 2.75) is 64.1 Å². The number of anilines is 1. The highest BCUT2D eigenvalue weighted by atomic mass is 19.1. The number of carboxylic acids is 2. The van der Waals surface area contributed by atoms with Crippen LogP contribution in [0, 0.1) is 24.6 Å². The fraction of sp³-hybridized carbons (Fsp3) is 0.471. The Morgan fingerprint density at radius 2 is 1.73 bits per heavy atom. The van der Waals surface area contributed by atoms with E-state index in [1.807, 2.05) is 25.1 Å². The number of carbonyl (C=O) groups is 4. The number of nitrogens with zero attached hydrogens (tertiary/aromatic N) is 2. The van der Waals surface area contributed by atoms with Crippen LogP contribution in [-0.2, 0) is 19.2 Å². The molecule has 1 saturated carbocycles. The molecule has 45 heavy (non-hydrogen) atoms. The Hall–Kier alpha value is -4.09. The van der Waals surface area contributed by atoms with Gasteiger partial charge < -0.3 is 25.7 Å². The molecule has 4 N–H and O–H groups in total. The molecule has 2 heterocycles. The van der Waals surface area contributed by atoms with Crippen molar-refractivity contribution in [2.75, 3.05) is 31.1 Å². The molecular formula is C34H43FN4O6. The number of hydrogen-bond acceptors (Lipinski definition) is 6. The van der Waals surface area contributed by atoms with Gasteiger partial charge in [-0.3, -0.25) is 14.5 Å². The van der Waals surface area contributed by atoms with Crippen molar-refractivity contribution in [3.05, 3.63) is 77.6 Å². The zero-order chi connectivity index (χ0) is 32.7. The van der Waals surface area contributed by atoms with Gasteiger partial charge in [0.1, 0.15) is 5.82 Å². The second-order valence-corrected chi connectivity index (χ2v) is 12.8. The zero-order valence-corrected chi connectivity index (χ0v) is 26.0. The van der Waals surface area contributed by atoms with Crippen molar-refractivity contribution in [1.82, 2.24) is 15.5 Å². The summed E-state index contributed by atoms with van der Waals surface area (Å²) < 4.78 is 14.0. The van der Waals surface area contributed by atoms with Crippen molar-refractivity contribution in [3.8, 4) is 0 Å². The molecule has 2 aromatic carbocycles. The maximum Gasteiger partial charge on any atom is 0.328 e. The van der Waals surface area contributed by atoms with Crippen LogP contribution in [0.15, 0.2) is 60.7 Å². The van der Waals surface area contributed by atoms with E-state index in [4.69, 9.17) is 10.2 Å². The second kappa shape index (κ2) is 14.8. The molecule has 2 saturated heterocycles. The Bertz CT molecular complexity index is 1390. The van der Waals surface area contributed by atoms with Gasteiger partial charge in [-0.1, -0.05) is 49.2 Å². The van der Waals surface area contributed by atoms with Crippen LogP contribution in [0.4, 0.5) is 10.1 Å². The molecule has 3 aliphatic rings. The van der Waals surface area contributed by atoms with Crippen LogP contribution < -0.4 is 15.5 Å². The Kier molecular flexibility index (Phi) is 11.1. The predicted octanol–water partition coefficient (Wildman–Crippen LogP) is 3.91. The summed E-state index contributed by atoms with van der Waals surface area (Å²) >= 11 is 0. The molecule has 0 radical (unpaired) electrons. The first-order valence-electron chi connectivity index (χ1n) is 15.4. The summed E-state index contributed by atoms with van der Waals surface area (Å²) in [5.74, 6) is -2.25. The number of halogens is 1. The highest BCUT2D eigenvalue weighted by Gasteiger charge is 2.44. The standard InChI is InChI=1S/C30H39FN4O2.C4H4O4/c1-20-9-12-24(31)15-27(20)34-19-30(2,3)35(18-28(34)36)25-14-23(16-32-17-25)29(37)33-26(13-21-10-11-21)22-7-5-4-6-8-22;5-3(6)1-2-4(7)8/h4-9,12,15,21,23,25-26,32H,10-11,13-14,16-19H2,1-3H3,(H,33,37);1-2H,(H,5,6)(H,7,8)/b;2-1+/t23-,25+,26+;/m0./s1. The van der Waals surface area contributed by atoms with E-state index in [2.05, 4.69) is 41.5 Å². The van der Waals surface area contributed by atoms with Crippen LogP contribution in [0.3, 0.4) is 0 Å². The molecule has 0 bridgehead atoms. The molecule has 0 spiro atoms. The Morgan fingerprint density at radius 1 is 1.07 bits per heavy atom. The Balaban J connectivity index is 0.000000510. The maximum absolute atomic E-state index is 14.0. The number of amides is 2. The summed E-state index contributed by atoms with van der Waals surface area (Å²) in [7, 11) is 0. The minimum atomic E-state index is -1.26. The first-order valence-corrected chi connectivity index (χ1v) is 15.4. The second-order valence-electron chi connectivity index (χ2n) is 12.8. The highest BCUT2D eigenvalue weighted by molar-refractivity contribution is 5.96. The number of aliphatic carboxylic acids is 2. The molecule has 2 amide bonds. The fourth-order valence-corrected chi connectivity index (χ4v) is 6.17. The maximum atomic E-state index is 14.0.